The van der Waals surface area contributed by atoms with E-state index < -0.39 is 0 Å². The van der Waals surface area contributed by atoms with Crippen LogP contribution < -0.4 is 10.2 Å². The van der Waals surface area contributed by atoms with Gasteiger partial charge in [-0.05, 0) is 19.1 Å². The minimum Gasteiger partial charge on any atom is -0.492 e. The first-order valence-electron chi connectivity index (χ1n) is 3.53. The smallest absolute Gasteiger partial charge is 0.137 e. The van der Waals surface area contributed by atoms with Crippen LogP contribution in [0, 0.1) is 0 Å². The second-order valence-corrected chi connectivity index (χ2v) is 2.99. The maximum Gasteiger partial charge on any atom is 0.137 e. The lowest BCUT2D eigenvalue weighted by atomic mass is 9.96. The van der Waals surface area contributed by atoms with Gasteiger partial charge in [0.25, 0.3) is 0 Å². The van der Waals surface area contributed by atoms with E-state index in [-0.39, 0.29) is 0 Å². The standard InChI is InChI=1S/C8H7BCl2O/c1-2-12-6-4-3-5(10)7(9)8(6)11/h3-4H,2H2,1H3. The highest BCUT2D eigenvalue weighted by molar-refractivity contribution is 6.52. The summed E-state index contributed by atoms with van der Waals surface area (Å²) in [6, 6.07) is 3.36. The number of benzene rings is 1. The molecule has 62 valence electrons. The Morgan fingerprint density at radius 2 is 2.08 bits per heavy atom. The van der Waals surface area contributed by atoms with Gasteiger partial charge in [0.05, 0.1) is 11.6 Å². The molecule has 1 nitrogen and oxygen atoms in total. The predicted octanol–water partition coefficient (Wildman–Crippen LogP) is 2.19. The molecule has 4 heteroatoms. The summed E-state index contributed by atoms with van der Waals surface area (Å²) in [6.45, 7) is 2.43. The van der Waals surface area contributed by atoms with E-state index in [0.29, 0.717) is 27.9 Å². The molecule has 0 atom stereocenters. The quantitative estimate of drug-likeness (QED) is 0.666. The second kappa shape index (κ2) is 4.06. The van der Waals surface area contributed by atoms with E-state index in [4.69, 9.17) is 35.8 Å². The summed E-state index contributed by atoms with van der Waals surface area (Å²) in [7, 11) is 5.57. The summed E-state index contributed by atoms with van der Waals surface area (Å²) in [5.74, 6) is 0.570. The maximum atomic E-state index is 5.84. The number of halogens is 2. The Hall–Kier alpha value is -0.335. The van der Waals surface area contributed by atoms with E-state index in [1.165, 1.54) is 0 Å². The molecule has 0 aromatic heterocycles. The van der Waals surface area contributed by atoms with Gasteiger partial charge in [0.15, 0.2) is 0 Å². The first-order valence-corrected chi connectivity index (χ1v) is 4.28. The van der Waals surface area contributed by atoms with E-state index in [0.717, 1.165) is 0 Å². The Labute approximate surface area is 83.0 Å². The Bertz CT molecular complexity index is 289. The third kappa shape index (κ3) is 1.88. The average Bonchev–Trinajstić information content (AvgIpc) is 2.07. The summed E-state index contributed by atoms with van der Waals surface area (Å²) < 4.78 is 5.20. The highest BCUT2D eigenvalue weighted by Gasteiger charge is 2.05. The number of hydrogen-bond acceptors (Lipinski definition) is 1. The fourth-order valence-corrected chi connectivity index (χ4v) is 1.24. The lowest BCUT2D eigenvalue weighted by molar-refractivity contribution is 0.341. The molecule has 0 N–H and O–H groups in total. The van der Waals surface area contributed by atoms with Gasteiger partial charge in [-0.3, -0.25) is 0 Å². The van der Waals surface area contributed by atoms with Crippen molar-refractivity contribution in [3.63, 3.8) is 0 Å². The zero-order valence-corrected chi connectivity index (χ0v) is 8.12. The summed E-state index contributed by atoms with van der Waals surface area (Å²) >= 11 is 11.6. The maximum absolute atomic E-state index is 5.84. The number of rotatable bonds is 2. The molecule has 1 aromatic rings. The molecule has 0 aliphatic rings. The minimum atomic E-state index is 0.365. The molecule has 0 amide bonds. The van der Waals surface area contributed by atoms with Gasteiger partial charge in [-0.25, -0.2) is 0 Å². The van der Waals surface area contributed by atoms with Crippen molar-refractivity contribution in [3.05, 3.63) is 22.2 Å². The normalized spacial score (nSPS) is 9.92. The van der Waals surface area contributed by atoms with Crippen molar-refractivity contribution in [1.29, 1.82) is 0 Å². The SMILES string of the molecule is [B]c1c(Cl)ccc(OCC)c1Cl. The van der Waals surface area contributed by atoms with Crippen LogP contribution in [-0.4, -0.2) is 14.5 Å². The third-order valence-corrected chi connectivity index (χ3v) is 2.11. The van der Waals surface area contributed by atoms with Crippen LogP contribution in [0.2, 0.25) is 10.0 Å². The van der Waals surface area contributed by atoms with Gasteiger partial charge in [0.2, 0.25) is 0 Å². The molecule has 0 saturated heterocycles. The van der Waals surface area contributed by atoms with Crippen molar-refractivity contribution >= 4 is 36.5 Å². The van der Waals surface area contributed by atoms with E-state index in [1.807, 2.05) is 6.92 Å². The molecular weight excluding hydrogens is 194 g/mol. The summed E-state index contributed by atoms with van der Waals surface area (Å²) in [5.41, 5.74) is 0.365. The molecule has 1 aromatic carbocycles. The molecule has 0 aliphatic heterocycles. The van der Waals surface area contributed by atoms with Gasteiger partial charge < -0.3 is 4.74 Å². The molecule has 0 fully saturated rings. The van der Waals surface area contributed by atoms with Gasteiger partial charge in [-0.2, -0.15) is 0 Å². The van der Waals surface area contributed by atoms with Crippen LogP contribution in [0.3, 0.4) is 0 Å². The first-order chi connectivity index (χ1) is 5.66. The van der Waals surface area contributed by atoms with Crippen LogP contribution in [0.15, 0.2) is 12.1 Å². The van der Waals surface area contributed by atoms with Gasteiger partial charge in [-0.1, -0.05) is 28.7 Å². The molecule has 0 spiro atoms. The Morgan fingerprint density at radius 1 is 1.42 bits per heavy atom. The first kappa shape index (κ1) is 9.75. The molecule has 0 unspecified atom stereocenters. The van der Waals surface area contributed by atoms with Crippen LogP contribution in [-0.2, 0) is 0 Å². The van der Waals surface area contributed by atoms with E-state index in [2.05, 4.69) is 0 Å². The van der Waals surface area contributed by atoms with Crippen molar-refractivity contribution in [2.75, 3.05) is 6.61 Å². The molecule has 0 saturated carbocycles. The highest BCUT2D eigenvalue weighted by atomic mass is 35.5. The van der Waals surface area contributed by atoms with Crippen LogP contribution >= 0.6 is 23.2 Å². The van der Waals surface area contributed by atoms with E-state index >= 15 is 0 Å². The fourth-order valence-electron chi connectivity index (χ4n) is 0.816. The largest absolute Gasteiger partial charge is 0.492 e. The van der Waals surface area contributed by atoms with Gasteiger partial charge in [0.1, 0.15) is 13.6 Å². The topological polar surface area (TPSA) is 9.23 Å². The molecule has 0 heterocycles. The average molecular weight is 201 g/mol. The van der Waals surface area contributed by atoms with Crippen molar-refractivity contribution in [3.8, 4) is 5.75 Å². The minimum absolute atomic E-state index is 0.365. The van der Waals surface area contributed by atoms with Gasteiger partial charge >= 0.3 is 0 Å². The lowest BCUT2D eigenvalue weighted by Crippen LogP contribution is -2.07. The highest BCUT2D eigenvalue weighted by Crippen LogP contribution is 2.24. The van der Waals surface area contributed by atoms with Crippen molar-refractivity contribution < 1.29 is 4.74 Å². The van der Waals surface area contributed by atoms with E-state index in [1.54, 1.807) is 12.1 Å². The van der Waals surface area contributed by atoms with Crippen molar-refractivity contribution in [2.45, 2.75) is 6.92 Å². The zero-order chi connectivity index (χ0) is 9.14. The molecule has 1 rings (SSSR count). The fraction of sp³-hybridized carbons (Fsp3) is 0.250. The van der Waals surface area contributed by atoms with Gasteiger partial charge in [0, 0.05) is 5.02 Å². The Kier molecular flexibility index (Phi) is 3.30. The van der Waals surface area contributed by atoms with Crippen LogP contribution in [0.25, 0.3) is 0 Å². The Morgan fingerprint density at radius 3 is 2.67 bits per heavy atom. The monoisotopic (exact) mass is 200 g/mol. The summed E-state index contributed by atoms with van der Waals surface area (Å²) in [4.78, 5) is 0. The molecular formula is C8H7BCl2O. The predicted molar refractivity (Wildman–Crippen MR) is 53.0 cm³/mol. The molecule has 12 heavy (non-hydrogen) atoms. The van der Waals surface area contributed by atoms with Gasteiger partial charge in [-0.15, -0.1) is 0 Å². The van der Waals surface area contributed by atoms with Crippen LogP contribution in [0.5, 0.6) is 5.75 Å². The Balaban J connectivity index is 3.08. The lowest BCUT2D eigenvalue weighted by Gasteiger charge is -2.08. The summed E-state index contributed by atoms with van der Waals surface area (Å²) in [5, 5.41) is 0.827. The van der Waals surface area contributed by atoms with E-state index in [9.17, 15) is 0 Å². The van der Waals surface area contributed by atoms with Crippen LogP contribution in [0.4, 0.5) is 0 Å². The zero-order valence-electron chi connectivity index (χ0n) is 6.60. The number of ether oxygens (including phenoxy) is 1. The molecule has 2 radical (unpaired) electrons. The van der Waals surface area contributed by atoms with Crippen molar-refractivity contribution in [1.82, 2.24) is 0 Å². The van der Waals surface area contributed by atoms with Crippen molar-refractivity contribution in [2.24, 2.45) is 0 Å². The summed E-state index contributed by atoms with van der Waals surface area (Å²) in [6.07, 6.45) is 0. The number of hydrogen-bond donors (Lipinski definition) is 0. The molecule has 0 bridgehead atoms. The molecule has 0 aliphatic carbocycles. The third-order valence-electron chi connectivity index (χ3n) is 1.39. The van der Waals surface area contributed by atoms with Crippen LogP contribution in [0.1, 0.15) is 6.92 Å². The second-order valence-electron chi connectivity index (χ2n) is 2.21.